The van der Waals surface area contributed by atoms with Gasteiger partial charge in [0.2, 0.25) is 5.91 Å². The van der Waals surface area contributed by atoms with E-state index in [9.17, 15) is 9.18 Å². The molecule has 0 aliphatic carbocycles. The average molecular weight is 358 g/mol. The summed E-state index contributed by atoms with van der Waals surface area (Å²) >= 11 is 3.20. The Hall–Kier alpha value is -1.14. The zero-order chi connectivity index (χ0) is 15.4. The first-order chi connectivity index (χ1) is 9.95. The summed E-state index contributed by atoms with van der Waals surface area (Å²) in [6.07, 6.45) is 1.96. The van der Waals surface area contributed by atoms with Gasteiger partial charge in [-0.15, -0.1) is 0 Å². The molecule has 0 spiro atoms. The number of benzene rings is 1. The first-order valence-corrected chi connectivity index (χ1v) is 7.89. The summed E-state index contributed by atoms with van der Waals surface area (Å²) in [5, 5.41) is 3.43. The molecular weight excluding hydrogens is 337 g/mol. The molecule has 1 aromatic rings. The van der Waals surface area contributed by atoms with Crippen LogP contribution in [0.4, 0.5) is 10.1 Å². The number of carbonyl (C=O) groups is 1. The van der Waals surface area contributed by atoms with Crippen LogP contribution >= 0.6 is 15.9 Å². The van der Waals surface area contributed by atoms with Gasteiger partial charge in [0.05, 0.1) is 11.0 Å². The van der Waals surface area contributed by atoms with Crippen LogP contribution in [0.5, 0.6) is 0 Å². The van der Waals surface area contributed by atoms with E-state index in [0.29, 0.717) is 17.1 Å². The molecule has 116 valence electrons. The molecule has 0 atom stereocenters. The Morgan fingerprint density at radius 3 is 2.67 bits per heavy atom. The zero-order valence-corrected chi connectivity index (χ0v) is 14.0. The first-order valence-electron chi connectivity index (χ1n) is 7.10. The molecule has 0 unspecified atom stereocenters. The fourth-order valence-corrected chi connectivity index (χ4v) is 2.77. The lowest BCUT2D eigenvalue weighted by molar-refractivity contribution is -0.130. The number of likely N-dealkylation sites (N-methyl/N-ethyl adjacent to an activating group) is 1. The van der Waals surface area contributed by atoms with Crippen LogP contribution in [0.2, 0.25) is 0 Å². The van der Waals surface area contributed by atoms with Crippen LogP contribution in [-0.4, -0.2) is 55.5 Å². The average Bonchev–Trinajstić information content (AvgIpc) is 2.45. The van der Waals surface area contributed by atoms with Crippen molar-refractivity contribution in [1.29, 1.82) is 0 Å². The molecule has 21 heavy (non-hydrogen) atoms. The van der Waals surface area contributed by atoms with Crippen molar-refractivity contribution in [2.45, 2.75) is 18.9 Å². The Balaban J connectivity index is 1.81. The molecule has 1 heterocycles. The summed E-state index contributed by atoms with van der Waals surface area (Å²) in [5.41, 5.74) is 0.922. The van der Waals surface area contributed by atoms with Crippen molar-refractivity contribution in [3.8, 4) is 0 Å². The van der Waals surface area contributed by atoms with E-state index < -0.39 is 0 Å². The minimum Gasteiger partial charge on any atom is -0.382 e. The summed E-state index contributed by atoms with van der Waals surface area (Å²) in [6, 6.07) is 5.34. The van der Waals surface area contributed by atoms with Gasteiger partial charge in [0.1, 0.15) is 5.82 Å². The van der Waals surface area contributed by atoms with Crippen LogP contribution < -0.4 is 5.32 Å². The van der Waals surface area contributed by atoms with Crippen molar-refractivity contribution in [3.63, 3.8) is 0 Å². The molecule has 0 saturated carbocycles. The second-order valence-corrected chi connectivity index (χ2v) is 6.47. The Bertz CT molecular complexity index is 502. The van der Waals surface area contributed by atoms with Crippen LogP contribution in [0.15, 0.2) is 22.7 Å². The van der Waals surface area contributed by atoms with Gasteiger partial charge in [-0.1, -0.05) is 0 Å². The Kier molecular flexibility index (Phi) is 5.58. The summed E-state index contributed by atoms with van der Waals surface area (Å²) in [4.78, 5) is 15.5. The van der Waals surface area contributed by atoms with Crippen molar-refractivity contribution in [2.24, 2.45) is 0 Å². The number of halogens is 2. The lowest BCUT2D eigenvalue weighted by Gasteiger charge is -2.33. The number of amides is 1. The largest absolute Gasteiger partial charge is 0.382 e. The van der Waals surface area contributed by atoms with Crippen LogP contribution in [0, 0.1) is 5.82 Å². The maximum atomic E-state index is 13.2. The van der Waals surface area contributed by atoms with Crippen molar-refractivity contribution in [1.82, 2.24) is 9.80 Å². The lowest BCUT2D eigenvalue weighted by atomic mass is 10.0. The quantitative estimate of drug-likeness (QED) is 0.899. The number of likely N-dealkylation sites (tertiary alicyclic amines) is 1. The fraction of sp³-hybridized carbons (Fsp3) is 0.533. The van der Waals surface area contributed by atoms with Gasteiger partial charge in [0.15, 0.2) is 0 Å². The van der Waals surface area contributed by atoms with Gasteiger partial charge >= 0.3 is 0 Å². The number of hydrogen-bond donors (Lipinski definition) is 1. The van der Waals surface area contributed by atoms with E-state index in [-0.39, 0.29) is 11.7 Å². The second kappa shape index (κ2) is 7.22. The molecule has 1 amide bonds. The topological polar surface area (TPSA) is 35.6 Å². The summed E-state index contributed by atoms with van der Waals surface area (Å²) < 4.78 is 13.7. The highest BCUT2D eigenvalue weighted by Gasteiger charge is 2.21. The summed E-state index contributed by atoms with van der Waals surface area (Å²) in [7, 11) is 3.56. The summed E-state index contributed by atoms with van der Waals surface area (Å²) in [6.45, 7) is 2.29. The van der Waals surface area contributed by atoms with Crippen LogP contribution in [0.3, 0.4) is 0 Å². The van der Waals surface area contributed by atoms with Crippen molar-refractivity contribution in [3.05, 3.63) is 28.5 Å². The van der Waals surface area contributed by atoms with E-state index in [1.54, 1.807) is 31.1 Å². The van der Waals surface area contributed by atoms with Crippen molar-refractivity contribution in [2.75, 3.05) is 39.0 Å². The van der Waals surface area contributed by atoms with Crippen LogP contribution in [-0.2, 0) is 4.79 Å². The number of anilines is 1. The Labute approximate surface area is 133 Å². The predicted molar refractivity (Wildman–Crippen MR) is 85.9 cm³/mol. The van der Waals surface area contributed by atoms with Gasteiger partial charge in [0.25, 0.3) is 0 Å². The first kappa shape index (κ1) is 16.2. The van der Waals surface area contributed by atoms with Gasteiger partial charge in [-0.3, -0.25) is 9.69 Å². The van der Waals surface area contributed by atoms with Crippen LogP contribution in [0.25, 0.3) is 0 Å². The van der Waals surface area contributed by atoms with Crippen molar-refractivity contribution < 1.29 is 9.18 Å². The second-order valence-electron chi connectivity index (χ2n) is 5.61. The number of nitrogens with one attached hydrogen (secondary N) is 1. The smallest absolute Gasteiger partial charge is 0.236 e. The maximum Gasteiger partial charge on any atom is 0.236 e. The van der Waals surface area contributed by atoms with Crippen LogP contribution in [0.1, 0.15) is 12.8 Å². The number of piperidine rings is 1. The SMILES string of the molecule is CN(C)C(=O)CN1CCC(Nc2ccc(F)c(Br)c2)CC1. The number of nitrogens with zero attached hydrogens (tertiary/aromatic N) is 2. The van der Waals surface area contributed by atoms with Gasteiger partial charge < -0.3 is 10.2 Å². The molecular formula is C15H21BrFN3O. The molecule has 4 nitrogen and oxygen atoms in total. The van der Waals surface area contributed by atoms with E-state index in [1.807, 2.05) is 0 Å². The number of hydrogen-bond acceptors (Lipinski definition) is 3. The predicted octanol–water partition coefficient (Wildman–Crippen LogP) is 2.55. The number of carbonyl (C=O) groups excluding carboxylic acids is 1. The van der Waals surface area contributed by atoms with E-state index in [4.69, 9.17) is 0 Å². The molecule has 6 heteroatoms. The van der Waals surface area contributed by atoms with E-state index in [1.165, 1.54) is 6.07 Å². The van der Waals surface area contributed by atoms with E-state index >= 15 is 0 Å². The third-order valence-corrected chi connectivity index (χ3v) is 4.34. The fourth-order valence-electron chi connectivity index (χ4n) is 2.39. The third-order valence-electron chi connectivity index (χ3n) is 3.74. The van der Waals surface area contributed by atoms with E-state index in [2.05, 4.69) is 26.1 Å². The minimum absolute atomic E-state index is 0.142. The molecule has 0 bridgehead atoms. The number of rotatable bonds is 4. The molecule has 1 aromatic carbocycles. The molecule has 1 saturated heterocycles. The van der Waals surface area contributed by atoms with Gasteiger partial charge in [-0.05, 0) is 47.0 Å². The normalized spacial score (nSPS) is 16.8. The minimum atomic E-state index is -0.252. The molecule has 1 aliphatic heterocycles. The molecule has 0 radical (unpaired) electrons. The lowest BCUT2D eigenvalue weighted by Crippen LogP contribution is -2.43. The molecule has 0 aromatic heterocycles. The maximum absolute atomic E-state index is 13.2. The standard InChI is InChI=1S/C15H21BrFN3O/c1-19(2)15(21)10-20-7-5-11(6-8-20)18-12-3-4-14(17)13(16)9-12/h3-4,9,11,18H,5-8,10H2,1-2H3. The van der Waals surface area contributed by atoms with E-state index in [0.717, 1.165) is 31.6 Å². The third kappa shape index (κ3) is 4.68. The monoisotopic (exact) mass is 357 g/mol. The van der Waals surface area contributed by atoms with Gasteiger partial charge in [-0.2, -0.15) is 0 Å². The summed E-state index contributed by atoms with van der Waals surface area (Å²) in [5.74, 6) is -0.110. The highest BCUT2D eigenvalue weighted by Crippen LogP contribution is 2.22. The molecule has 1 aliphatic rings. The van der Waals surface area contributed by atoms with Gasteiger partial charge in [0, 0.05) is 38.9 Å². The zero-order valence-electron chi connectivity index (χ0n) is 12.4. The Morgan fingerprint density at radius 1 is 1.43 bits per heavy atom. The van der Waals surface area contributed by atoms with Crippen molar-refractivity contribution >= 4 is 27.5 Å². The highest BCUT2D eigenvalue weighted by molar-refractivity contribution is 9.10. The molecule has 1 N–H and O–H groups in total. The highest BCUT2D eigenvalue weighted by atomic mass is 79.9. The molecule has 2 rings (SSSR count). The molecule has 1 fully saturated rings. The Morgan fingerprint density at radius 2 is 2.10 bits per heavy atom. The van der Waals surface area contributed by atoms with Gasteiger partial charge in [-0.25, -0.2) is 4.39 Å².